The number of hydrogen-bond donors (Lipinski definition) is 0. The lowest BCUT2D eigenvalue weighted by Gasteiger charge is -2.29. The first-order valence-electron chi connectivity index (χ1n) is 10.1. The molecule has 4 rings (SSSR count). The Hall–Kier alpha value is -2.34. The average Bonchev–Trinajstić information content (AvgIpc) is 3.33. The first-order valence-corrected chi connectivity index (χ1v) is 12.2. The number of rotatable bonds is 5. The van der Waals surface area contributed by atoms with Gasteiger partial charge in [-0.3, -0.25) is 9.59 Å². The predicted molar refractivity (Wildman–Crippen MR) is 117 cm³/mol. The summed E-state index contributed by atoms with van der Waals surface area (Å²) in [7, 11) is 0. The minimum atomic E-state index is -4.46. The van der Waals surface area contributed by atoms with E-state index in [-0.39, 0.29) is 36.4 Å². The summed E-state index contributed by atoms with van der Waals surface area (Å²) in [6, 6.07) is 9.25. The normalized spacial score (nSPS) is 21.6. The number of amides is 2. The van der Waals surface area contributed by atoms with Gasteiger partial charge in [0.1, 0.15) is 10.7 Å². The molecule has 34 heavy (non-hydrogen) atoms. The van der Waals surface area contributed by atoms with Crippen molar-refractivity contribution in [3.05, 3.63) is 70.8 Å². The Kier molecular flexibility index (Phi) is 6.83. The van der Waals surface area contributed by atoms with Crippen LogP contribution < -0.4 is 0 Å². The van der Waals surface area contributed by atoms with E-state index in [9.17, 15) is 35.9 Å². The van der Waals surface area contributed by atoms with E-state index in [0.29, 0.717) is 11.1 Å². The van der Waals surface area contributed by atoms with E-state index in [1.165, 1.54) is 57.6 Å². The summed E-state index contributed by atoms with van der Waals surface area (Å²) in [5, 5.41) is -0.964. The summed E-state index contributed by atoms with van der Waals surface area (Å²) < 4.78 is 77.1. The molecule has 0 N–H and O–H groups in total. The largest absolute Gasteiger partial charge is 0.416 e. The Morgan fingerprint density at radius 3 is 1.26 bits per heavy atom. The van der Waals surface area contributed by atoms with Gasteiger partial charge >= 0.3 is 12.4 Å². The molecule has 0 radical (unpaired) electrons. The second kappa shape index (κ2) is 9.37. The number of hydrogen-bond acceptors (Lipinski definition) is 4. The van der Waals surface area contributed by atoms with Crippen molar-refractivity contribution in [1.82, 2.24) is 9.80 Å². The fourth-order valence-corrected chi connectivity index (χ4v) is 6.27. The van der Waals surface area contributed by atoms with Gasteiger partial charge in [0.05, 0.1) is 22.6 Å². The highest BCUT2D eigenvalue weighted by Gasteiger charge is 2.38. The van der Waals surface area contributed by atoms with E-state index in [1.54, 1.807) is 0 Å². The molecular formula is C22H18F6N2O2S2. The molecule has 2 aliphatic rings. The highest BCUT2D eigenvalue weighted by molar-refractivity contribution is 8.00. The van der Waals surface area contributed by atoms with Gasteiger partial charge in [-0.2, -0.15) is 26.3 Å². The summed E-state index contributed by atoms with van der Waals surface area (Å²) >= 11 is 2.58. The summed E-state index contributed by atoms with van der Waals surface area (Å²) in [5.41, 5.74) is -0.470. The van der Waals surface area contributed by atoms with E-state index in [2.05, 4.69) is 0 Å². The molecule has 2 aliphatic heterocycles. The molecule has 12 heteroatoms. The zero-order valence-corrected chi connectivity index (χ0v) is 19.0. The van der Waals surface area contributed by atoms with Gasteiger partial charge in [-0.25, -0.2) is 0 Å². The van der Waals surface area contributed by atoms with E-state index in [1.807, 2.05) is 0 Å². The molecule has 2 saturated heterocycles. The first kappa shape index (κ1) is 24.8. The van der Waals surface area contributed by atoms with Crippen molar-refractivity contribution in [3.63, 3.8) is 0 Å². The maximum Gasteiger partial charge on any atom is 0.416 e. The maximum atomic E-state index is 12.9. The molecule has 182 valence electrons. The number of thioether (sulfide) groups is 2. The molecule has 0 saturated carbocycles. The third kappa shape index (κ3) is 5.17. The van der Waals surface area contributed by atoms with Gasteiger partial charge in [-0.1, -0.05) is 24.3 Å². The van der Waals surface area contributed by atoms with Gasteiger partial charge < -0.3 is 9.80 Å². The van der Waals surface area contributed by atoms with Crippen LogP contribution in [0.25, 0.3) is 0 Å². The van der Waals surface area contributed by atoms with Crippen LogP contribution in [0.5, 0.6) is 0 Å². The molecule has 2 fully saturated rings. The zero-order valence-electron chi connectivity index (χ0n) is 17.4. The third-order valence-electron chi connectivity index (χ3n) is 5.56. The van der Waals surface area contributed by atoms with Crippen molar-refractivity contribution >= 4 is 35.3 Å². The number of nitrogens with zero attached hydrogens (tertiary/aromatic N) is 2. The molecular weight excluding hydrogens is 502 g/mol. The Balaban J connectivity index is 1.47. The van der Waals surface area contributed by atoms with E-state index in [0.717, 1.165) is 24.3 Å². The summed E-state index contributed by atoms with van der Waals surface area (Å²) in [6.45, 7) is 0.307. The Morgan fingerprint density at radius 2 is 0.971 bits per heavy atom. The Morgan fingerprint density at radius 1 is 0.647 bits per heavy atom. The minimum Gasteiger partial charge on any atom is -0.324 e. The van der Waals surface area contributed by atoms with Crippen molar-refractivity contribution in [2.24, 2.45) is 0 Å². The van der Waals surface area contributed by atoms with Crippen LogP contribution >= 0.6 is 23.5 Å². The van der Waals surface area contributed by atoms with Crippen LogP contribution in [0.15, 0.2) is 48.5 Å². The zero-order chi connectivity index (χ0) is 24.7. The average molecular weight is 521 g/mol. The smallest absolute Gasteiger partial charge is 0.324 e. The molecule has 4 nitrogen and oxygen atoms in total. The van der Waals surface area contributed by atoms with Crippen LogP contribution in [0.1, 0.15) is 33.0 Å². The van der Waals surface area contributed by atoms with Gasteiger partial charge in [0.15, 0.2) is 0 Å². The number of alkyl halides is 6. The van der Waals surface area contributed by atoms with Crippen LogP contribution in [0, 0.1) is 0 Å². The van der Waals surface area contributed by atoms with Crippen LogP contribution in [-0.4, -0.2) is 46.2 Å². The number of carbonyl (C=O) groups is 2. The molecule has 2 atom stereocenters. The highest BCUT2D eigenvalue weighted by atomic mass is 32.2. The monoisotopic (exact) mass is 520 g/mol. The van der Waals surface area contributed by atoms with Crippen LogP contribution in [0.4, 0.5) is 26.3 Å². The van der Waals surface area contributed by atoms with Gasteiger partial charge in [-0.05, 0) is 35.4 Å². The van der Waals surface area contributed by atoms with Gasteiger partial charge in [0.25, 0.3) is 0 Å². The van der Waals surface area contributed by atoms with Crippen LogP contribution in [-0.2, 0) is 21.9 Å². The van der Waals surface area contributed by atoms with Crippen LogP contribution in [0.2, 0.25) is 0 Å². The highest BCUT2D eigenvalue weighted by Crippen LogP contribution is 2.42. The number of halogens is 6. The lowest BCUT2D eigenvalue weighted by molar-refractivity contribution is -0.138. The number of benzene rings is 2. The summed E-state index contributed by atoms with van der Waals surface area (Å²) in [5.74, 6) is -0.0616. The molecule has 0 aromatic heterocycles. The summed E-state index contributed by atoms with van der Waals surface area (Å²) in [4.78, 5) is 28.0. The predicted octanol–water partition coefficient (Wildman–Crippen LogP) is 5.57. The van der Waals surface area contributed by atoms with Crippen molar-refractivity contribution in [2.45, 2.75) is 23.1 Å². The molecule has 2 heterocycles. The summed E-state index contributed by atoms with van der Waals surface area (Å²) in [6.07, 6.45) is -8.92. The quantitative estimate of drug-likeness (QED) is 0.484. The fraction of sp³-hybridized carbons (Fsp3) is 0.364. The SMILES string of the molecule is O=C1CSC(c2ccc(C(F)(F)F)cc2)N1CCN1C(=O)CSC1c1ccc(C(F)(F)F)cc1. The molecule has 2 unspecified atom stereocenters. The lowest BCUT2D eigenvalue weighted by atomic mass is 10.1. The molecule has 0 spiro atoms. The van der Waals surface area contributed by atoms with Crippen LogP contribution in [0.3, 0.4) is 0 Å². The van der Waals surface area contributed by atoms with E-state index < -0.39 is 34.2 Å². The maximum absolute atomic E-state index is 12.9. The molecule has 0 aliphatic carbocycles. The molecule has 2 aromatic carbocycles. The van der Waals surface area contributed by atoms with Gasteiger partial charge in [0, 0.05) is 13.1 Å². The molecule has 2 amide bonds. The first-order chi connectivity index (χ1) is 15.9. The topological polar surface area (TPSA) is 40.6 Å². The van der Waals surface area contributed by atoms with Crippen molar-refractivity contribution < 1.29 is 35.9 Å². The lowest BCUT2D eigenvalue weighted by Crippen LogP contribution is -2.39. The minimum absolute atomic E-state index is 0.154. The molecule has 2 aromatic rings. The van der Waals surface area contributed by atoms with Gasteiger partial charge in [-0.15, -0.1) is 23.5 Å². The number of carbonyl (C=O) groups excluding carboxylic acids is 2. The van der Waals surface area contributed by atoms with E-state index in [4.69, 9.17) is 0 Å². The van der Waals surface area contributed by atoms with Crippen molar-refractivity contribution in [1.29, 1.82) is 0 Å². The molecule has 0 bridgehead atoms. The third-order valence-corrected chi connectivity index (χ3v) is 8.08. The second-order valence-corrected chi connectivity index (χ2v) is 9.88. The Labute approximate surface area is 199 Å². The Bertz CT molecular complexity index is 972. The van der Waals surface area contributed by atoms with Crippen molar-refractivity contribution in [3.8, 4) is 0 Å². The van der Waals surface area contributed by atoms with Gasteiger partial charge in [0.2, 0.25) is 11.8 Å². The van der Waals surface area contributed by atoms with E-state index >= 15 is 0 Å². The standard InChI is InChI=1S/C22H18F6N2O2S2/c23-21(24,25)15-5-1-13(2-6-15)19-29(17(31)11-33-19)9-10-30-18(32)12-34-20(30)14-3-7-16(8-4-14)22(26,27)28/h1-8,19-20H,9-12H2. The van der Waals surface area contributed by atoms with Crippen molar-refractivity contribution in [2.75, 3.05) is 24.6 Å². The second-order valence-electron chi connectivity index (χ2n) is 7.74. The fourth-order valence-electron chi connectivity index (χ4n) is 3.83.